The summed E-state index contributed by atoms with van der Waals surface area (Å²) in [5, 5.41) is 12.4. The Morgan fingerprint density at radius 2 is 1.96 bits per heavy atom. The number of hydrogen-bond acceptors (Lipinski definition) is 5. The first-order valence-corrected chi connectivity index (χ1v) is 9.33. The van der Waals surface area contributed by atoms with Gasteiger partial charge in [-0.3, -0.25) is 14.5 Å². The molecular formula is C21H17NO4S. The van der Waals surface area contributed by atoms with Crippen molar-refractivity contribution >= 4 is 28.7 Å². The molecule has 0 bridgehead atoms. The third-order valence-electron chi connectivity index (χ3n) is 4.85. The van der Waals surface area contributed by atoms with Gasteiger partial charge in [-0.15, -0.1) is 11.3 Å². The lowest BCUT2D eigenvalue weighted by molar-refractivity contribution is -0.117. The summed E-state index contributed by atoms with van der Waals surface area (Å²) in [5.74, 6) is -1.08. The standard InChI is InChI=1S/C21H17NO4S/c1-12-6-3-7-14(13(12)2)22-18(15-8-4-10-26-15)17(20(24)21(22)25)19(23)16-9-5-11-27-16/h3-11,18,24H,1-2H3. The van der Waals surface area contributed by atoms with Crippen LogP contribution in [0.15, 0.2) is 69.9 Å². The number of benzene rings is 1. The molecule has 1 aromatic carbocycles. The Balaban J connectivity index is 1.90. The van der Waals surface area contributed by atoms with E-state index in [0.29, 0.717) is 16.3 Å². The minimum atomic E-state index is -0.817. The van der Waals surface area contributed by atoms with Crippen molar-refractivity contribution in [3.8, 4) is 0 Å². The molecule has 5 nitrogen and oxygen atoms in total. The highest BCUT2D eigenvalue weighted by atomic mass is 32.1. The van der Waals surface area contributed by atoms with Crippen molar-refractivity contribution in [2.24, 2.45) is 0 Å². The fourth-order valence-corrected chi connectivity index (χ4v) is 4.02. The molecule has 0 radical (unpaired) electrons. The molecule has 1 N–H and O–H groups in total. The molecule has 0 aliphatic carbocycles. The molecule has 3 aromatic rings. The number of ketones is 1. The largest absolute Gasteiger partial charge is 0.503 e. The van der Waals surface area contributed by atoms with Crippen molar-refractivity contribution in [3.63, 3.8) is 0 Å². The average molecular weight is 379 g/mol. The quantitative estimate of drug-likeness (QED) is 0.665. The Morgan fingerprint density at radius 1 is 1.15 bits per heavy atom. The van der Waals surface area contributed by atoms with Gasteiger partial charge in [-0.25, -0.2) is 0 Å². The second kappa shape index (κ2) is 6.55. The number of amides is 1. The van der Waals surface area contributed by atoms with Crippen LogP contribution < -0.4 is 4.90 Å². The third-order valence-corrected chi connectivity index (χ3v) is 5.71. The van der Waals surface area contributed by atoms with Crippen LogP contribution in [-0.2, 0) is 4.79 Å². The number of carbonyl (C=O) groups is 2. The van der Waals surface area contributed by atoms with E-state index in [0.717, 1.165) is 11.1 Å². The first kappa shape index (κ1) is 17.3. The molecule has 136 valence electrons. The van der Waals surface area contributed by atoms with Crippen LogP contribution in [0.1, 0.15) is 32.6 Å². The Hall–Kier alpha value is -3.12. The van der Waals surface area contributed by atoms with E-state index in [2.05, 4.69) is 0 Å². The van der Waals surface area contributed by atoms with Gasteiger partial charge in [-0.1, -0.05) is 18.2 Å². The number of aliphatic hydroxyl groups is 1. The van der Waals surface area contributed by atoms with Gasteiger partial charge in [0.2, 0.25) is 5.78 Å². The fourth-order valence-electron chi connectivity index (χ4n) is 3.34. The fraction of sp³-hybridized carbons (Fsp3) is 0.143. The molecule has 4 rings (SSSR count). The Kier molecular flexibility index (Phi) is 4.20. The van der Waals surface area contributed by atoms with Crippen LogP contribution >= 0.6 is 11.3 Å². The normalized spacial score (nSPS) is 17.0. The van der Waals surface area contributed by atoms with Gasteiger partial charge in [0.15, 0.2) is 5.76 Å². The number of Topliss-reactive ketones (excluding diaryl/α,β-unsaturated/α-hetero) is 1. The predicted molar refractivity (Wildman–Crippen MR) is 103 cm³/mol. The maximum absolute atomic E-state index is 13.1. The maximum atomic E-state index is 13.1. The summed E-state index contributed by atoms with van der Waals surface area (Å²) in [6.45, 7) is 3.86. The summed E-state index contributed by atoms with van der Waals surface area (Å²) < 4.78 is 5.55. The van der Waals surface area contributed by atoms with Gasteiger partial charge in [0, 0.05) is 5.69 Å². The van der Waals surface area contributed by atoms with Crippen LogP contribution in [0, 0.1) is 13.8 Å². The number of thiophene rings is 1. The molecule has 0 fully saturated rings. The highest BCUT2D eigenvalue weighted by molar-refractivity contribution is 7.12. The second-order valence-electron chi connectivity index (χ2n) is 6.38. The summed E-state index contributed by atoms with van der Waals surface area (Å²) in [5.41, 5.74) is 2.59. The van der Waals surface area contributed by atoms with E-state index < -0.39 is 17.7 Å². The molecule has 6 heteroatoms. The van der Waals surface area contributed by atoms with Gasteiger partial charge in [-0.05, 0) is 54.6 Å². The van der Waals surface area contributed by atoms with Crippen LogP contribution in [-0.4, -0.2) is 16.8 Å². The van der Waals surface area contributed by atoms with Crippen LogP contribution in [0.25, 0.3) is 0 Å². The van der Waals surface area contributed by atoms with Crippen LogP contribution in [0.3, 0.4) is 0 Å². The highest BCUT2D eigenvalue weighted by Crippen LogP contribution is 2.43. The lowest BCUT2D eigenvalue weighted by Gasteiger charge is -2.27. The first-order valence-electron chi connectivity index (χ1n) is 8.45. The zero-order valence-corrected chi connectivity index (χ0v) is 15.6. The lowest BCUT2D eigenvalue weighted by atomic mass is 9.99. The molecule has 0 spiro atoms. The van der Waals surface area contributed by atoms with Gasteiger partial charge >= 0.3 is 0 Å². The van der Waals surface area contributed by atoms with Crippen LogP contribution in [0.4, 0.5) is 5.69 Å². The average Bonchev–Trinajstić information content (AvgIpc) is 3.40. The van der Waals surface area contributed by atoms with Crippen molar-refractivity contribution in [2.75, 3.05) is 4.90 Å². The van der Waals surface area contributed by atoms with Crippen LogP contribution in [0.5, 0.6) is 0 Å². The molecule has 2 aromatic heterocycles. The summed E-state index contributed by atoms with van der Waals surface area (Å²) in [7, 11) is 0. The molecule has 27 heavy (non-hydrogen) atoms. The summed E-state index contributed by atoms with van der Waals surface area (Å²) >= 11 is 1.27. The van der Waals surface area contributed by atoms with Gasteiger partial charge in [0.25, 0.3) is 5.91 Å². The number of aryl methyl sites for hydroxylation is 1. The molecule has 1 aliphatic heterocycles. The number of rotatable bonds is 4. The molecule has 1 aliphatic rings. The van der Waals surface area contributed by atoms with E-state index in [1.165, 1.54) is 22.5 Å². The summed E-state index contributed by atoms with van der Waals surface area (Å²) in [6, 6.07) is 11.6. The molecule has 3 heterocycles. The number of carbonyl (C=O) groups excluding carboxylic acids is 2. The van der Waals surface area contributed by atoms with Gasteiger partial charge in [-0.2, -0.15) is 0 Å². The van der Waals surface area contributed by atoms with Crippen molar-refractivity contribution in [3.05, 3.63) is 87.2 Å². The topological polar surface area (TPSA) is 70.8 Å². The number of furan rings is 1. The Labute approximate surface area is 160 Å². The van der Waals surface area contributed by atoms with Gasteiger partial charge in [0.1, 0.15) is 11.8 Å². The molecule has 0 saturated heterocycles. The number of aliphatic hydroxyl groups excluding tert-OH is 1. The molecule has 0 saturated carbocycles. The zero-order valence-electron chi connectivity index (χ0n) is 14.8. The minimum Gasteiger partial charge on any atom is -0.503 e. The van der Waals surface area contributed by atoms with E-state index in [4.69, 9.17) is 4.42 Å². The van der Waals surface area contributed by atoms with Crippen molar-refractivity contribution in [2.45, 2.75) is 19.9 Å². The smallest absolute Gasteiger partial charge is 0.294 e. The van der Waals surface area contributed by atoms with E-state index in [1.54, 1.807) is 29.6 Å². The number of anilines is 1. The maximum Gasteiger partial charge on any atom is 0.294 e. The lowest BCUT2D eigenvalue weighted by Crippen LogP contribution is -2.31. The van der Waals surface area contributed by atoms with Crippen LogP contribution in [0.2, 0.25) is 0 Å². The number of hydrogen-bond donors (Lipinski definition) is 1. The van der Waals surface area contributed by atoms with Crippen molar-refractivity contribution in [1.82, 2.24) is 0 Å². The Bertz CT molecular complexity index is 1050. The third kappa shape index (κ3) is 2.69. The van der Waals surface area contributed by atoms with Crippen molar-refractivity contribution < 1.29 is 19.1 Å². The van der Waals surface area contributed by atoms with Crippen molar-refractivity contribution in [1.29, 1.82) is 0 Å². The van der Waals surface area contributed by atoms with E-state index >= 15 is 0 Å². The first-order chi connectivity index (χ1) is 13.0. The monoisotopic (exact) mass is 379 g/mol. The minimum absolute atomic E-state index is 0.0401. The summed E-state index contributed by atoms with van der Waals surface area (Å²) in [4.78, 5) is 28.0. The van der Waals surface area contributed by atoms with E-state index in [1.807, 2.05) is 32.0 Å². The predicted octanol–water partition coefficient (Wildman–Crippen LogP) is 4.74. The zero-order chi connectivity index (χ0) is 19.1. The highest BCUT2D eigenvalue weighted by Gasteiger charge is 2.46. The van der Waals surface area contributed by atoms with E-state index in [9.17, 15) is 14.7 Å². The summed E-state index contributed by atoms with van der Waals surface area (Å²) in [6.07, 6.45) is 1.49. The van der Waals surface area contributed by atoms with E-state index in [-0.39, 0.29) is 11.4 Å². The second-order valence-corrected chi connectivity index (χ2v) is 7.33. The van der Waals surface area contributed by atoms with Gasteiger partial charge < -0.3 is 9.52 Å². The molecule has 1 unspecified atom stereocenters. The van der Waals surface area contributed by atoms with Gasteiger partial charge in [0.05, 0.1) is 16.7 Å². The Morgan fingerprint density at radius 3 is 2.63 bits per heavy atom. The molecule has 1 atom stereocenters. The SMILES string of the molecule is Cc1cccc(N2C(=O)C(O)=C(C(=O)c3cccs3)C2c2ccco2)c1C. The molecule has 1 amide bonds. The molecular weight excluding hydrogens is 362 g/mol. The number of nitrogens with zero attached hydrogens (tertiary/aromatic N) is 1.